The van der Waals surface area contributed by atoms with Crippen LogP contribution in [0.5, 0.6) is 0 Å². The Labute approximate surface area is 101 Å². The van der Waals surface area contributed by atoms with Crippen LogP contribution in [0.2, 0.25) is 0 Å². The Hall–Kier alpha value is -1.10. The lowest BCUT2D eigenvalue weighted by molar-refractivity contribution is -0.137. The predicted molar refractivity (Wildman–Crippen MR) is 62.5 cm³/mol. The van der Waals surface area contributed by atoms with Crippen molar-refractivity contribution in [3.63, 3.8) is 0 Å². The number of aliphatic hydroxyl groups is 1. The summed E-state index contributed by atoms with van der Waals surface area (Å²) >= 11 is 0. The Morgan fingerprint density at radius 3 is 2.35 bits per heavy atom. The van der Waals surface area contributed by atoms with Gasteiger partial charge in [0.1, 0.15) is 0 Å². The summed E-state index contributed by atoms with van der Waals surface area (Å²) in [4.78, 5) is 21.7. The van der Waals surface area contributed by atoms with E-state index in [4.69, 9.17) is 5.11 Å². The van der Waals surface area contributed by atoms with Crippen molar-refractivity contribution in [1.29, 1.82) is 0 Å². The molecule has 0 aliphatic heterocycles. The van der Waals surface area contributed by atoms with E-state index in [1.807, 2.05) is 0 Å². The highest BCUT2D eigenvalue weighted by molar-refractivity contribution is 5.76. The molecule has 5 nitrogen and oxygen atoms in total. The number of hydrogen-bond acceptors (Lipinski definition) is 3. The average molecular weight is 243 g/mol. The zero-order valence-corrected chi connectivity index (χ0v) is 10.1. The summed E-state index contributed by atoms with van der Waals surface area (Å²) in [6, 6.07) is 0. The molecule has 1 amide bonds. The molecule has 3 N–H and O–H groups in total. The molecule has 98 valence electrons. The summed E-state index contributed by atoms with van der Waals surface area (Å²) in [5.41, 5.74) is -0.136. The maximum atomic E-state index is 11.5. The highest BCUT2D eigenvalue weighted by Gasteiger charge is 2.33. The monoisotopic (exact) mass is 243 g/mol. The second-order valence-electron chi connectivity index (χ2n) is 4.89. The molecule has 1 saturated carbocycles. The van der Waals surface area contributed by atoms with Crippen LogP contribution in [0, 0.1) is 5.41 Å². The SMILES string of the molecule is O=C(O)CCCC(=O)NCC1(CO)CCCC1. The number of amides is 1. The Kier molecular flexibility index (Phi) is 5.41. The normalized spacial score (nSPS) is 17.9. The van der Waals surface area contributed by atoms with E-state index in [0.717, 1.165) is 25.7 Å². The molecule has 0 aromatic rings. The molecular weight excluding hydrogens is 222 g/mol. The molecule has 0 aromatic heterocycles. The third kappa shape index (κ3) is 4.73. The van der Waals surface area contributed by atoms with Crippen LogP contribution in [-0.4, -0.2) is 35.2 Å². The first-order valence-electron chi connectivity index (χ1n) is 6.17. The summed E-state index contributed by atoms with van der Waals surface area (Å²) in [6.07, 6.45) is 4.77. The molecule has 1 rings (SSSR count). The minimum atomic E-state index is -0.875. The largest absolute Gasteiger partial charge is 0.481 e. The summed E-state index contributed by atoms with van der Waals surface area (Å²) in [5, 5.41) is 20.6. The van der Waals surface area contributed by atoms with Crippen molar-refractivity contribution in [3.8, 4) is 0 Å². The molecule has 0 heterocycles. The third-order valence-corrected chi connectivity index (χ3v) is 3.45. The topological polar surface area (TPSA) is 86.6 Å². The second-order valence-corrected chi connectivity index (χ2v) is 4.89. The molecule has 1 aliphatic carbocycles. The van der Waals surface area contributed by atoms with E-state index < -0.39 is 5.97 Å². The van der Waals surface area contributed by atoms with Crippen molar-refractivity contribution < 1.29 is 19.8 Å². The number of rotatable bonds is 7. The molecule has 0 atom stereocenters. The fourth-order valence-corrected chi connectivity index (χ4v) is 2.29. The summed E-state index contributed by atoms with van der Waals surface area (Å²) in [7, 11) is 0. The standard InChI is InChI=1S/C12H21NO4/c14-9-12(6-1-2-7-12)8-13-10(15)4-3-5-11(16)17/h14H,1-9H2,(H,13,15)(H,16,17). The van der Waals surface area contributed by atoms with Gasteiger partial charge in [-0.25, -0.2) is 0 Å². The first-order valence-corrected chi connectivity index (χ1v) is 6.17. The molecule has 0 radical (unpaired) electrons. The lowest BCUT2D eigenvalue weighted by atomic mass is 9.87. The van der Waals surface area contributed by atoms with Crippen molar-refractivity contribution >= 4 is 11.9 Å². The van der Waals surface area contributed by atoms with Crippen LogP contribution in [-0.2, 0) is 9.59 Å². The molecule has 0 spiro atoms. The molecular formula is C12H21NO4. The lowest BCUT2D eigenvalue weighted by Gasteiger charge is -2.26. The third-order valence-electron chi connectivity index (χ3n) is 3.45. The van der Waals surface area contributed by atoms with Gasteiger partial charge in [0.05, 0.1) is 6.61 Å². The Morgan fingerprint density at radius 2 is 1.82 bits per heavy atom. The van der Waals surface area contributed by atoms with Gasteiger partial charge >= 0.3 is 5.97 Å². The Balaban J connectivity index is 2.20. The van der Waals surface area contributed by atoms with E-state index in [2.05, 4.69) is 5.32 Å². The van der Waals surface area contributed by atoms with Gasteiger partial charge in [-0.15, -0.1) is 0 Å². The molecule has 0 aromatic carbocycles. The molecule has 5 heteroatoms. The Morgan fingerprint density at radius 1 is 1.18 bits per heavy atom. The van der Waals surface area contributed by atoms with Gasteiger partial charge in [0.2, 0.25) is 5.91 Å². The maximum Gasteiger partial charge on any atom is 0.303 e. The van der Waals surface area contributed by atoms with Crippen LogP contribution in [0.15, 0.2) is 0 Å². The van der Waals surface area contributed by atoms with Gasteiger partial charge < -0.3 is 15.5 Å². The van der Waals surface area contributed by atoms with Gasteiger partial charge in [0, 0.05) is 24.8 Å². The van der Waals surface area contributed by atoms with Crippen molar-refractivity contribution in [3.05, 3.63) is 0 Å². The maximum absolute atomic E-state index is 11.5. The highest BCUT2D eigenvalue weighted by atomic mass is 16.4. The lowest BCUT2D eigenvalue weighted by Crippen LogP contribution is -2.38. The van der Waals surface area contributed by atoms with E-state index in [1.165, 1.54) is 0 Å². The van der Waals surface area contributed by atoms with Crippen molar-refractivity contribution in [2.24, 2.45) is 5.41 Å². The van der Waals surface area contributed by atoms with Crippen LogP contribution in [0.3, 0.4) is 0 Å². The Bertz CT molecular complexity index is 272. The quantitative estimate of drug-likeness (QED) is 0.620. The van der Waals surface area contributed by atoms with Crippen LogP contribution < -0.4 is 5.32 Å². The average Bonchev–Trinajstić information content (AvgIpc) is 2.75. The smallest absolute Gasteiger partial charge is 0.303 e. The molecule has 0 unspecified atom stereocenters. The van der Waals surface area contributed by atoms with Crippen LogP contribution >= 0.6 is 0 Å². The minimum Gasteiger partial charge on any atom is -0.481 e. The number of aliphatic carboxylic acids is 1. The van der Waals surface area contributed by atoms with Gasteiger partial charge in [0.25, 0.3) is 0 Å². The van der Waals surface area contributed by atoms with Gasteiger partial charge in [-0.3, -0.25) is 9.59 Å². The number of carbonyl (C=O) groups is 2. The van der Waals surface area contributed by atoms with Crippen LogP contribution in [0.4, 0.5) is 0 Å². The molecule has 17 heavy (non-hydrogen) atoms. The van der Waals surface area contributed by atoms with E-state index in [0.29, 0.717) is 13.0 Å². The number of hydrogen-bond donors (Lipinski definition) is 3. The predicted octanol–water partition coefficient (Wildman–Crippen LogP) is 0.910. The first-order chi connectivity index (χ1) is 8.08. The summed E-state index contributed by atoms with van der Waals surface area (Å²) < 4.78 is 0. The molecule has 0 saturated heterocycles. The van der Waals surface area contributed by atoms with Gasteiger partial charge in [0.15, 0.2) is 0 Å². The number of carboxylic acids is 1. The number of aliphatic hydroxyl groups excluding tert-OH is 1. The zero-order chi connectivity index (χ0) is 12.7. The highest BCUT2D eigenvalue weighted by Crippen LogP contribution is 2.36. The van der Waals surface area contributed by atoms with E-state index in [1.54, 1.807) is 0 Å². The fourth-order valence-electron chi connectivity index (χ4n) is 2.29. The van der Waals surface area contributed by atoms with Crippen molar-refractivity contribution in [1.82, 2.24) is 5.32 Å². The number of carboxylic acid groups (broad SMARTS) is 1. The van der Waals surface area contributed by atoms with E-state index >= 15 is 0 Å². The van der Waals surface area contributed by atoms with Gasteiger partial charge in [-0.2, -0.15) is 0 Å². The second kappa shape index (κ2) is 6.59. The minimum absolute atomic E-state index is 0.0264. The van der Waals surface area contributed by atoms with Crippen LogP contribution in [0.1, 0.15) is 44.9 Å². The van der Waals surface area contributed by atoms with Crippen molar-refractivity contribution in [2.75, 3.05) is 13.2 Å². The molecule has 0 bridgehead atoms. The van der Waals surface area contributed by atoms with E-state index in [-0.39, 0.29) is 30.8 Å². The van der Waals surface area contributed by atoms with Crippen molar-refractivity contribution in [2.45, 2.75) is 44.9 Å². The van der Waals surface area contributed by atoms with E-state index in [9.17, 15) is 14.7 Å². The van der Waals surface area contributed by atoms with Gasteiger partial charge in [-0.1, -0.05) is 12.8 Å². The molecule has 1 aliphatic rings. The van der Waals surface area contributed by atoms with Gasteiger partial charge in [-0.05, 0) is 19.3 Å². The number of nitrogens with one attached hydrogen (secondary N) is 1. The fraction of sp³-hybridized carbons (Fsp3) is 0.833. The summed E-state index contributed by atoms with van der Waals surface area (Å²) in [6.45, 7) is 0.623. The first kappa shape index (κ1) is 14.0. The number of carbonyl (C=O) groups excluding carboxylic acids is 1. The molecule has 1 fully saturated rings. The summed E-state index contributed by atoms with van der Waals surface area (Å²) in [5.74, 6) is -0.994. The van der Waals surface area contributed by atoms with Crippen LogP contribution in [0.25, 0.3) is 0 Å². The zero-order valence-electron chi connectivity index (χ0n) is 10.1.